The molecule has 0 saturated carbocycles. The molecule has 16 aromatic rings. The van der Waals surface area contributed by atoms with Crippen molar-refractivity contribution in [1.29, 1.82) is 0 Å². The maximum atomic E-state index is 6.73. The van der Waals surface area contributed by atoms with Crippen molar-refractivity contribution >= 4 is 132 Å². The lowest BCUT2D eigenvalue weighted by molar-refractivity contribution is 0.667. The number of para-hydroxylation sites is 4. The molecule has 0 unspecified atom stereocenters. The van der Waals surface area contributed by atoms with Crippen molar-refractivity contribution in [3.8, 4) is 44.5 Å². The molecular formula is C68H38O4. The van der Waals surface area contributed by atoms with Gasteiger partial charge in [-0.25, -0.2) is 0 Å². The zero-order valence-electron chi connectivity index (χ0n) is 38.7. The van der Waals surface area contributed by atoms with Crippen molar-refractivity contribution in [2.75, 3.05) is 0 Å². The predicted molar refractivity (Wildman–Crippen MR) is 301 cm³/mol. The van der Waals surface area contributed by atoms with Crippen LogP contribution in [0, 0.1) is 0 Å². The van der Waals surface area contributed by atoms with E-state index < -0.39 is 0 Å². The maximum Gasteiger partial charge on any atom is 0.142 e. The van der Waals surface area contributed by atoms with Gasteiger partial charge in [0.25, 0.3) is 0 Å². The van der Waals surface area contributed by atoms with Crippen LogP contribution in [0.15, 0.2) is 225 Å². The van der Waals surface area contributed by atoms with Crippen LogP contribution >= 0.6 is 0 Å². The number of furan rings is 4. The Balaban J connectivity index is 1.12. The van der Waals surface area contributed by atoms with Gasteiger partial charge < -0.3 is 17.7 Å². The van der Waals surface area contributed by atoms with Crippen LogP contribution < -0.4 is 0 Å². The van der Waals surface area contributed by atoms with Crippen LogP contribution in [0.3, 0.4) is 0 Å². The maximum absolute atomic E-state index is 6.73. The van der Waals surface area contributed by atoms with Gasteiger partial charge in [-0.15, -0.1) is 0 Å². The van der Waals surface area contributed by atoms with Gasteiger partial charge in [0.05, 0.1) is 0 Å². The lowest BCUT2D eigenvalue weighted by Gasteiger charge is -2.22. The third kappa shape index (κ3) is 5.19. The van der Waals surface area contributed by atoms with Gasteiger partial charge in [0.1, 0.15) is 44.7 Å². The zero-order chi connectivity index (χ0) is 47.3. The fraction of sp³-hybridized carbons (Fsp3) is 0. The molecule has 0 N–H and O–H groups in total. The largest absolute Gasteiger partial charge is 0.456 e. The summed E-state index contributed by atoms with van der Waals surface area (Å²) in [7, 11) is 0. The minimum absolute atomic E-state index is 0.831. The Bertz CT molecular complexity index is 4710. The molecule has 0 aliphatic heterocycles. The third-order valence-electron chi connectivity index (χ3n) is 15.4. The summed E-state index contributed by atoms with van der Waals surface area (Å²) in [4.78, 5) is 0. The molecule has 12 aromatic carbocycles. The Morgan fingerprint density at radius 3 is 0.917 bits per heavy atom. The van der Waals surface area contributed by atoms with Gasteiger partial charge in [0.15, 0.2) is 0 Å². The Hall–Kier alpha value is -9.64. The fourth-order valence-corrected chi connectivity index (χ4v) is 12.4. The molecule has 72 heavy (non-hydrogen) atoms. The molecule has 0 atom stereocenters. The normalized spacial score (nSPS) is 12.3. The summed E-state index contributed by atoms with van der Waals surface area (Å²) in [5.41, 5.74) is 17.6. The highest BCUT2D eigenvalue weighted by Gasteiger charge is 2.26. The standard InChI is InChI=1S/C68H38O4/c1-3-37-15-9-23-49-63-41(21-13-29-59(63)71-67(37)49)53-35-51(39-19-11-27-57-61(39)47-17-5-7-25-55(47)69-57)43-32-34-46-54(42-22-14-30-60-64(42)50-24-10-16-38(4-2)68(50)72-60)36-52(44-31-33-45(53)65(43)66(44)46)40-20-12-28-58-62(40)48-18-6-8-26-56(48)70-58/h3-36H,1-2H2. The number of rotatable bonds is 6. The average Bonchev–Trinajstić information content (AvgIpc) is 4.22. The average molecular weight is 919 g/mol. The van der Waals surface area contributed by atoms with Crippen LogP contribution in [-0.4, -0.2) is 0 Å². The number of hydrogen-bond donors (Lipinski definition) is 0. The van der Waals surface area contributed by atoms with Crippen LogP contribution in [-0.2, 0) is 0 Å². The van der Waals surface area contributed by atoms with Crippen LogP contribution in [0.5, 0.6) is 0 Å². The minimum atomic E-state index is 0.831. The number of benzene rings is 12. The second kappa shape index (κ2) is 14.5. The molecule has 4 nitrogen and oxygen atoms in total. The van der Waals surface area contributed by atoms with E-state index in [1.807, 2.05) is 24.3 Å². The molecule has 16 rings (SSSR count). The second-order valence-electron chi connectivity index (χ2n) is 19.0. The van der Waals surface area contributed by atoms with E-state index in [1.165, 1.54) is 10.8 Å². The van der Waals surface area contributed by atoms with Crippen LogP contribution in [0.2, 0.25) is 0 Å². The molecule has 0 amide bonds. The minimum Gasteiger partial charge on any atom is -0.456 e. The SMILES string of the molecule is C=Cc1cccc2c1oc1cccc(-c3cc(-c4cccc5oc6ccccc6c45)c4ccc5c(-c6cccc7oc8c(C=C)cccc8c67)cc(-c6cccc7oc8ccccc8c67)c6ccc3c4c65)c12. The third-order valence-corrected chi connectivity index (χ3v) is 15.4. The van der Waals surface area contributed by atoms with E-state index in [9.17, 15) is 0 Å². The summed E-state index contributed by atoms with van der Waals surface area (Å²) >= 11 is 0. The molecule has 0 bridgehead atoms. The molecule has 334 valence electrons. The smallest absolute Gasteiger partial charge is 0.142 e. The number of fused-ring (bicyclic) bond motifs is 12. The summed E-state index contributed by atoms with van der Waals surface area (Å²) in [5, 5.41) is 15.6. The Morgan fingerprint density at radius 2 is 0.542 bits per heavy atom. The van der Waals surface area contributed by atoms with Crippen molar-refractivity contribution in [3.63, 3.8) is 0 Å². The van der Waals surface area contributed by atoms with Gasteiger partial charge in [0.2, 0.25) is 0 Å². The van der Waals surface area contributed by atoms with Crippen molar-refractivity contribution in [2.24, 2.45) is 0 Å². The van der Waals surface area contributed by atoms with Crippen LogP contribution in [0.25, 0.3) is 177 Å². The Morgan fingerprint density at radius 1 is 0.236 bits per heavy atom. The summed E-state index contributed by atoms with van der Waals surface area (Å²) in [5.74, 6) is 0. The van der Waals surface area contributed by atoms with Crippen LogP contribution in [0.4, 0.5) is 0 Å². The van der Waals surface area contributed by atoms with Gasteiger partial charge in [-0.3, -0.25) is 0 Å². The van der Waals surface area contributed by atoms with E-state index in [0.717, 1.165) is 165 Å². The number of hydrogen-bond acceptors (Lipinski definition) is 4. The molecule has 4 aromatic heterocycles. The van der Waals surface area contributed by atoms with Gasteiger partial charge in [-0.2, -0.15) is 0 Å². The van der Waals surface area contributed by atoms with Gasteiger partial charge in [0, 0.05) is 54.2 Å². The molecule has 4 heterocycles. The van der Waals surface area contributed by atoms with E-state index >= 15 is 0 Å². The summed E-state index contributed by atoms with van der Waals surface area (Å²) < 4.78 is 26.6. The molecule has 0 saturated heterocycles. The van der Waals surface area contributed by atoms with Crippen LogP contribution in [0.1, 0.15) is 11.1 Å². The first kappa shape index (κ1) is 39.2. The second-order valence-corrected chi connectivity index (χ2v) is 19.0. The Labute approximate surface area is 410 Å². The van der Waals surface area contributed by atoms with E-state index in [2.05, 4.69) is 195 Å². The summed E-state index contributed by atoms with van der Waals surface area (Å²) in [6.45, 7) is 8.29. The summed E-state index contributed by atoms with van der Waals surface area (Å²) in [6.07, 6.45) is 3.75. The molecular weight excluding hydrogens is 881 g/mol. The fourth-order valence-electron chi connectivity index (χ4n) is 12.4. The quantitative estimate of drug-likeness (QED) is 0.156. The van der Waals surface area contributed by atoms with Gasteiger partial charge in [-0.1, -0.05) is 171 Å². The molecule has 0 aliphatic rings. The molecule has 0 aliphatic carbocycles. The summed E-state index contributed by atoms with van der Waals surface area (Å²) in [6, 6.07) is 69.5. The highest BCUT2D eigenvalue weighted by Crippen LogP contribution is 2.53. The topological polar surface area (TPSA) is 52.6 Å². The van der Waals surface area contributed by atoms with Crippen molar-refractivity contribution in [3.05, 3.63) is 218 Å². The highest BCUT2D eigenvalue weighted by molar-refractivity contribution is 6.35. The van der Waals surface area contributed by atoms with E-state index in [4.69, 9.17) is 17.7 Å². The lowest BCUT2D eigenvalue weighted by Crippen LogP contribution is -1.95. The molecule has 4 heteroatoms. The van der Waals surface area contributed by atoms with E-state index in [0.29, 0.717) is 0 Å². The molecule has 0 radical (unpaired) electrons. The first-order valence-corrected chi connectivity index (χ1v) is 24.4. The van der Waals surface area contributed by atoms with Crippen molar-refractivity contribution in [1.82, 2.24) is 0 Å². The molecule has 0 fully saturated rings. The van der Waals surface area contributed by atoms with E-state index in [1.54, 1.807) is 0 Å². The highest BCUT2D eigenvalue weighted by atomic mass is 16.3. The zero-order valence-corrected chi connectivity index (χ0v) is 38.7. The van der Waals surface area contributed by atoms with Crippen molar-refractivity contribution < 1.29 is 17.7 Å². The van der Waals surface area contributed by atoms with Crippen molar-refractivity contribution in [2.45, 2.75) is 0 Å². The molecule has 0 spiro atoms. The monoisotopic (exact) mass is 918 g/mol. The van der Waals surface area contributed by atoms with Gasteiger partial charge in [-0.05, 0) is 125 Å². The van der Waals surface area contributed by atoms with E-state index in [-0.39, 0.29) is 0 Å². The Kier molecular flexibility index (Phi) is 7.88. The predicted octanol–water partition coefficient (Wildman–Crippen LogP) is 20.1. The first-order valence-electron chi connectivity index (χ1n) is 24.4. The first-order chi connectivity index (χ1) is 35.6. The lowest BCUT2D eigenvalue weighted by atomic mass is 9.80. The van der Waals surface area contributed by atoms with Gasteiger partial charge >= 0.3 is 0 Å².